The van der Waals surface area contributed by atoms with Gasteiger partial charge in [-0.05, 0) is 43.7 Å². The Hall–Kier alpha value is -1.23. The number of rotatable bonds is 5. The van der Waals surface area contributed by atoms with Crippen molar-refractivity contribution in [2.75, 3.05) is 5.75 Å². The molecule has 1 aliphatic rings. The van der Waals surface area contributed by atoms with E-state index in [9.17, 15) is 9.18 Å². The second kappa shape index (κ2) is 7.86. The van der Waals surface area contributed by atoms with Gasteiger partial charge in [0.2, 0.25) is 0 Å². The van der Waals surface area contributed by atoms with Crippen LogP contribution in [0.5, 0.6) is 0 Å². The van der Waals surface area contributed by atoms with Gasteiger partial charge < -0.3 is 10.6 Å². The summed E-state index contributed by atoms with van der Waals surface area (Å²) in [6.45, 7) is 6.38. The first-order valence-corrected chi connectivity index (χ1v) is 8.94. The topological polar surface area (TPSA) is 41.1 Å². The molecule has 5 heteroatoms. The van der Waals surface area contributed by atoms with E-state index in [0.29, 0.717) is 10.8 Å². The van der Waals surface area contributed by atoms with Crippen LogP contribution in [0.1, 0.15) is 51.6 Å². The molecule has 0 aromatic heterocycles. The second-order valence-electron chi connectivity index (χ2n) is 6.34. The van der Waals surface area contributed by atoms with E-state index in [1.54, 1.807) is 6.07 Å². The van der Waals surface area contributed by atoms with Gasteiger partial charge in [-0.3, -0.25) is 0 Å². The Bertz CT molecular complexity index is 521. The molecule has 22 heavy (non-hydrogen) atoms. The summed E-state index contributed by atoms with van der Waals surface area (Å²) >= 11 is 1.52. The predicted molar refractivity (Wildman–Crippen MR) is 89.7 cm³/mol. The number of halogens is 1. The number of thioether (sulfide) groups is 1. The number of nitrogens with one attached hydrogen (secondary N) is 2. The summed E-state index contributed by atoms with van der Waals surface area (Å²) in [5, 5.41) is 5.97. The molecule has 0 spiro atoms. The van der Waals surface area contributed by atoms with Gasteiger partial charge >= 0.3 is 6.03 Å². The van der Waals surface area contributed by atoms with Crippen molar-refractivity contribution < 1.29 is 9.18 Å². The highest BCUT2D eigenvalue weighted by molar-refractivity contribution is 7.99. The van der Waals surface area contributed by atoms with E-state index < -0.39 is 0 Å². The molecule has 2 N–H and O–H groups in total. The molecule has 1 aliphatic heterocycles. The van der Waals surface area contributed by atoms with Crippen LogP contribution in [-0.2, 0) is 0 Å². The zero-order valence-electron chi connectivity index (χ0n) is 13.5. The van der Waals surface area contributed by atoms with Crippen LogP contribution in [0.25, 0.3) is 0 Å². The molecule has 2 rings (SSSR count). The molecular formula is C17H25FN2OS. The molecule has 0 bridgehead atoms. The van der Waals surface area contributed by atoms with Crippen LogP contribution in [0.15, 0.2) is 23.1 Å². The number of benzene rings is 1. The highest BCUT2D eigenvalue weighted by Crippen LogP contribution is 2.37. The van der Waals surface area contributed by atoms with Crippen LogP contribution in [-0.4, -0.2) is 17.8 Å². The van der Waals surface area contributed by atoms with E-state index in [2.05, 4.69) is 24.5 Å². The van der Waals surface area contributed by atoms with Gasteiger partial charge in [-0.15, -0.1) is 11.8 Å². The zero-order chi connectivity index (χ0) is 16.1. The predicted octanol–water partition coefficient (Wildman–Crippen LogP) is 4.49. The van der Waals surface area contributed by atoms with Crippen molar-refractivity contribution in [1.29, 1.82) is 0 Å². The number of hydrogen-bond donors (Lipinski definition) is 2. The Labute approximate surface area is 136 Å². The van der Waals surface area contributed by atoms with Gasteiger partial charge in [0.15, 0.2) is 0 Å². The Morgan fingerprint density at radius 3 is 2.86 bits per heavy atom. The maximum Gasteiger partial charge on any atom is 0.315 e. The van der Waals surface area contributed by atoms with E-state index in [4.69, 9.17) is 0 Å². The first-order valence-electron chi connectivity index (χ1n) is 7.95. The van der Waals surface area contributed by atoms with E-state index in [1.807, 2.05) is 13.0 Å². The number of urea groups is 1. The van der Waals surface area contributed by atoms with Crippen LogP contribution >= 0.6 is 11.8 Å². The minimum atomic E-state index is -0.195. The monoisotopic (exact) mass is 324 g/mol. The number of amides is 2. The van der Waals surface area contributed by atoms with Gasteiger partial charge in [0.1, 0.15) is 5.82 Å². The first kappa shape index (κ1) is 17.1. The number of fused-ring (bicyclic) bond motifs is 1. The lowest BCUT2D eigenvalue weighted by Crippen LogP contribution is -2.43. The summed E-state index contributed by atoms with van der Waals surface area (Å²) in [6.07, 6.45) is 2.89. The van der Waals surface area contributed by atoms with Crippen LogP contribution < -0.4 is 10.6 Å². The molecule has 122 valence electrons. The highest BCUT2D eigenvalue weighted by atomic mass is 32.2. The lowest BCUT2D eigenvalue weighted by molar-refractivity contribution is 0.232. The van der Waals surface area contributed by atoms with Crippen molar-refractivity contribution in [1.82, 2.24) is 10.6 Å². The maximum absolute atomic E-state index is 13.8. The third-order valence-corrected chi connectivity index (χ3v) is 5.04. The molecule has 1 aromatic carbocycles. The Morgan fingerprint density at radius 1 is 1.36 bits per heavy atom. The SMILES string of the molecule is CC(C)CCC(C)NC(=O)NC1CCSc2c(F)cccc21. The largest absolute Gasteiger partial charge is 0.336 e. The molecule has 0 saturated heterocycles. The lowest BCUT2D eigenvalue weighted by atomic mass is 10.0. The highest BCUT2D eigenvalue weighted by Gasteiger charge is 2.24. The molecule has 2 unspecified atom stereocenters. The molecule has 0 radical (unpaired) electrons. The quantitative estimate of drug-likeness (QED) is 0.838. The Balaban J connectivity index is 1.92. The van der Waals surface area contributed by atoms with Crippen molar-refractivity contribution >= 4 is 17.8 Å². The summed E-state index contributed by atoms with van der Waals surface area (Å²) < 4.78 is 13.8. The number of carbonyl (C=O) groups is 1. The molecule has 0 saturated carbocycles. The molecule has 3 nitrogen and oxygen atoms in total. The van der Waals surface area contributed by atoms with E-state index in [1.165, 1.54) is 17.8 Å². The molecular weight excluding hydrogens is 299 g/mol. The van der Waals surface area contributed by atoms with Crippen molar-refractivity contribution in [2.45, 2.75) is 57.0 Å². The number of carbonyl (C=O) groups excluding carboxylic acids is 1. The third-order valence-electron chi connectivity index (χ3n) is 3.89. The minimum absolute atomic E-state index is 0.107. The van der Waals surface area contributed by atoms with Crippen LogP contribution in [0.4, 0.5) is 9.18 Å². The van der Waals surface area contributed by atoms with Crippen LogP contribution in [0.3, 0.4) is 0 Å². The van der Waals surface area contributed by atoms with Crippen molar-refractivity contribution in [2.24, 2.45) is 5.92 Å². The van der Waals surface area contributed by atoms with Crippen LogP contribution in [0, 0.1) is 11.7 Å². The Morgan fingerprint density at radius 2 is 2.14 bits per heavy atom. The van der Waals surface area contributed by atoms with Crippen molar-refractivity contribution in [3.63, 3.8) is 0 Å². The fourth-order valence-electron chi connectivity index (χ4n) is 2.62. The molecule has 1 heterocycles. The minimum Gasteiger partial charge on any atom is -0.336 e. The lowest BCUT2D eigenvalue weighted by Gasteiger charge is -2.27. The van der Waals surface area contributed by atoms with E-state index in [-0.39, 0.29) is 23.9 Å². The fourth-order valence-corrected chi connectivity index (χ4v) is 3.76. The van der Waals surface area contributed by atoms with Gasteiger partial charge in [-0.25, -0.2) is 9.18 Å². The van der Waals surface area contributed by atoms with Crippen LogP contribution in [0.2, 0.25) is 0 Å². The first-order chi connectivity index (χ1) is 10.5. The smallest absolute Gasteiger partial charge is 0.315 e. The second-order valence-corrected chi connectivity index (χ2v) is 7.44. The average molecular weight is 324 g/mol. The summed E-state index contributed by atoms with van der Waals surface area (Å²) in [7, 11) is 0. The summed E-state index contributed by atoms with van der Waals surface area (Å²) in [6, 6.07) is 4.96. The van der Waals surface area contributed by atoms with E-state index in [0.717, 1.165) is 30.6 Å². The summed E-state index contributed by atoms with van der Waals surface area (Å²) in [5.41, 5.74) is 0.890. The maximum atomic E-state index is 13.8. The molecule has 2 atom stereocenters. The van der Waals surface area contributed by atoms with Gasteiger partial charge in [-0.2, -0.15) is 0 Å². The van der Waals surface area contributed by atoms with Gasteiger partial charge in [-0.1, -0.05) is 26.0 Å². The summed E-state index contributed by atoms with van der Waals surface area (Å²) in [5.74, 6) is 1.26. The summed E-state index contributed by atoms with van der Waals surface area (Å²) in [4.78, 5) is 12.8. The molecule has 2 amide bonds. The zero-order valence-corrected chi connectivity index (χ0v) is 14.3. The van der Waals surface area contributed by atoms with Crippen molar-refractivity contribution in [3.05, 3.63) is 29.6 Å². The standard InChI is InChI=1S/C17H25FN2OS/c1-11(2)7-8-12(3)19-17(21)20-15-9-10-22-16-13(15)5-4-6-14(16)18/h4-6,11-12,15H,7-10H2,1-3H3,(H2,19,20,21). The van der Waals surface area contributed by atoms with E-state index >= 15 is 0 Å². The normalized spacial score (nSPS) is 18.7. The van der Waals surface area contributed by atoms with Gasteiger partial charge in [0.25, 0.3) is 0 Å². The van der Waals surface area contributed by atoms with Crippen molar-refractivity contribution in [3.8, 4) is 0 Å². The van der Waals surface area contributed by atoms with Gasteiger partial charge in [0.05, 0.1) is 6.04 Å². The molecule has 0 aliphatic carbocycles. The fraction of sp³-hybridized carbons (Fsp3) is 0.588. The van der Waals surface area contributed by atoms with Gasteiger partial charge in [0, 0.05) is 16.7 Å². The molecule has 0 fully saturated rings. The average Bonchev–Trinajstić information content (AvgIpc) is 2.46. The number of hydrogen-bond acceptors (Lipinski definition) is 2. The Kier molecular flexibility index (Phi) is 6.12. The molecule has 1 aromatic rings. The third kappa shape index (κ3) is 4.63.